The predicted molar refractivity (Wildman–Crippen MR) is 224 cm³/mol. The molecule has 0 unspecified atom stereocenters. The minimum atomic E-state index is -4.23. The van der Waals surface area contributed by atoms with Crippen molar-refractivity contribution in [3.63, 3.8) is 0 Å². The van der Waals surface area contributed by atoms with E-state index >= 15 is 0 Å². The molecule has 4 N–H and O–H groups in total. The highest BCUT2D eigenvalue weighted by Gasteiger charge is 2.67. The molecule has 5 fully saturated rings. The van der Waals surface area contributed by atoms with Gasteiger partial charge in [0.1, 0.15) is 35.7 Å². The van der Waals surface area contributed by atoms with Crippen molar-refractivity contribution in [1.82, 2.24) is 30.2 Å². The van der Waals surface area contributed by atoms with E-state index in [2.05, 4.69) is 5.32 Å². The maximum Gasteiger partial charge on any atom is 0.405 e. The second-order valence-electron chi connectivity index (χ2n) is 17.4. The Hall–Kier alpha value is -4.35. The minimum Gasteiger partial charge on any atom is -0.497 e. The van der Waals surface area contributed by atoms with Gasteiger partial charge in [-0.3, -0.25) is 19.1 Å². The van der Waals surface area contributed by atoms with Crippen LogP contribution in [0.15, 0.2) is 18.2 Å². The molecule has 4 aliphatic carbocycles. The standard InChI is InChI=1S/C36H48F2N6O9S.C6H12.3H2/c1-4-22-27(53-32-25(9-7-5-6-8-20-10-11-20)40-24-13-12-21(52-3)16-26(24)41-32)19-44(28(45)18-39-34(48)49)29(22)31(46)42-36(17-23(36)30(37)38)33(47)43-54(50,51)35(2)14-15-35;1-2-4-6-5-3-1;;;/h12-13,16,20,22-23,27,29-30,39H,4-11,14-15,17-19H2,1-3H3,(H,42,46)(H,43,47)(H,48,49);1-6H2;3*1H/t22-,23+,27+,29+,36-;;;;/m1..../s1. The van der Waals surface area contributed by atoms with Crippen molar-refractivity contribution < 1.29 is 55.2 Å². The molecule has 1 saturated heterocycles. The number of benzene rings is 1. The Morgan fingerprint density at radius 3 is 2.27 bits per heavy atom. The average Bonchev–Trinajstić information content (AvgIpc) is 4.17. The molecule has 7 rings (SSSR count). The number of likely N-dealkylation sites (tertiary alicyclic amines) is 1. The molecular weight excluding hydrogens is 803 g/mol. The summed E-state index contributed by atoms with van der Waals surface area (Å²) >= 11 is 0. The van der Waals surface area contributed by atoms with E-state index in [0.717, 1.165) is 30.1 Å². The van der Waals surface area contributed by atoms with E-state index in [0.29, 0.717) is 28.9 Å². The molecule has 2 aromatic rings. The van der Waals surface area contributed by atoms with Crippen LogP contribution >= 0.6 is 0 Å². The predicted octanol–water partition coefficient (Wildman–Crippen LogP) is 6.62. The van der Waals surface area contributed by atoms with Crippen LogP contribution in [0.3, 0.4) is 0 Å². The van der Waals surface area contributed by atoms with E-state index in [9.17, 15) is 41.5 Å². The van der Waals surface area contributed by atoms with E-state index < -0.39 is 87.5 Å². The smallest absolute Gasteiger partial charge is 0.405 e. The van der Waals surface area contributed by atoms with Crippen LogP contribution in [0.4, 0.5) is 13.6 Å². The molecule has 18 heteroatoms. The summed E-state index contributed by atoms with van der Waals surface area (Å²) in [5.41, 5.74) is -0.575. The lowest BCUT2D eigenvalue weighted by molar-refractivity contribution is -0.140. The van der Waals surface area contributed by atoms with Gasteiger partial charge >= 0.3 is 6.09 Å². The second kappa shape index (κ2) is 19.1. The number of amides is 4. The third-order valence-corrected chi connectivity index (χ3v) is 15.0. The van der Waals surface area contributed by atoms with Gasteiger partial charge in [-0.1, -0.05) is 77.6 Å². The third-order valence-electron chi connectivity index (χ3n) is 12.8. The average molecular weight is 869 g/mol. The summed E-state index contributed by atoms with van der Waals surface area (Å²) < 4.78 is 66.7. The quantitative estimate of drug-likeness (QED) is 0.117. The lowest BCUT2D eigenvalue weighted by atomic mass is 9.94. The Morgan fingerprint density at radius 2 is 1.70 bits per heavy atom. The molecule has 2 heterocycles. The molecule has 0 bridgehead atoms. The molecule has 4 amide bonds. The molecule has 1 aliphatic heterocycles. The number of hydrogen-bond acceptors (Lipinski definition) is 10. The van der Waals surface area contributed by atoms with Gasteiger partial charge in [0.15, 0.2) is 0 Å². The Balaban J connectivity index is 0.00000108. The van der Waals surface area contributed by atoms with Gasteiger partial charge in [0.05, 0.1) is 35.4 Å². The SMILES string of the molecule is C1CCCCC1.CC[C@@H]1[C@@H](Oc2nc3cc(OC)ccc3nc2CCCCCC2CC2)CN(C(=O)CNC(=O)O)[C@@H]1C(=O)N[C@]1(C(=O)NS(=O)(=O)C2(C)CC2)C[C@H]1C(F)F.[HH].[HH].[HH]. The maximum absolute atomic E-state index is 14.2. The fraction of sp³-hybridized carbons (Fsp3) is 0.714. The van der Waals surface area contributed by atoms with Crippen molar-refractivity contribution in [2.24, 2.45) is 17.8 Å². The number of halogens is 2. The molecule has 1 aromatic heterocycles. The van der Waals surface area contributed by atoms with Gasteiger partial charge in [0.25, 0.3) is 5.91 Å². The molecule has 0 spiro atoms. The fourth-order valence-corrected chi connectivity index (χ4v) is 9.73. The number of carbonyl (C=O) groups is 4. The maximum atomic E-state index is 14.2. The second-order valence-corrected chi connectivity index (χ2v) is 19.6. The van der Waals surface area contributed by atoms with Crippen LogP contribution in [0.25, 0.3) is 11.0 Å². The number of carbonyl (C=O) groups excluding carboxylic acids is 3. The van der Waals surface area contributed by atoms with Gasteiger partial charge in [-0.05, 0) is 63.5 Å². The van der Waals surface area contributed by atoms with E-state index in [4.69, 9.17) is 19.4 Å². The van der Waals surface area contributed by atoms with Crippen molar-refractivity contribution in [2.75, 3.05) is 20.2 Å². The van der Waals surface area contributed by atoms with Crippen molar-refractivity contribution in [3.8, 4) is 11.6 Å². The first kappa shape index (κ1) is 45.2. The zero-order valence-corrected chi connectivity index (χ0v) is 35.7. The Morgan fingerprint density at radius 1 is 1.02 bits per heavy atom. The van der Waals surface area contributed by atoms with Gasteiger partial charge in [0.2, 0.25) is 34.1 Å². The molecule has 1 aromatic carbocycles. The number of methoxy groups -OCH3 is 1. The number of sulfonamides is 1. The normalized spacial score (nSPS) is 25.5. The van der Waals surface area contributed by atoms with E-state index in [1.807, 2.05) is 10.0 Å². The number of fused-ring (bicyclic) bond motifs is 1. The first-order chi connectivity index (χ1) is 28.6. The molecule has 60 heavy (non-hydrogen) atoms. The minimum absolute atomic E-state index is 0. The highest BCUT2D eigenvalue weighted by molar-refractivity contribution is 7.91. The number of carboxylic acid groups (broad SMARTS) is 1. The summed E-state index contributed by atoms with van der Waals surface area (Å²) in [4.78, 5) is 63.2. The Kier molecular flexibility index (Phi) is 14.4. The largest absolute Gasteiger partial charge is 0.497 e. The van der Waals surface area contributed by atoms with Crippen LogP contribution in [0.2, 0.25) is 0 Å². The topological polar surface area (TPSA) is 206 Å². The molecule has 4 saturated carbocycles. The zero-order valence-electron chi connectivity index (χ0n) is 34.9. The Bertz CT molecular complexity index is 2000. The number of rotatable bonds is 18. The van der Waals surface area contributed by atoms with Crippen LogP contribution in [-0.2, 0) is 30.8 Å². The number of alkyl halides is 2. The Labute approximate surface area is 355 Å². The molecule has 5 aliphatic rings. The summed E-state index contributed by atoms with van der Waals surface area (Å²) in [5, 5.41) is 13.6. The van der Waals surface area contributed by atoms with E-state index in [1.54, 1.807) is 25.1 Å². The van der Waals surface area contributed by atoms with Crippen molar-refractivity contribution in [3.05, 3.63) is 23.9 Å². The molecule has 338 valence electrons. The number of unbranched alkanes of at least 4 members (excludes halogenated alkanes) is 2. The number of nitrogens with one attached hydrogen (secondary N) is 3. The molecule has 5 atom stereocenters. The van der Waals surface area contributed by atoms with Crippen LogP contribution in [0.1, 0.15) is 127 Å². The summed E-state index contributed by atoms with van der Waals surface area (Å²) in [6.45, 7) is 2.26. The molecule has 0 radical (unpaired) electrons. The zero-order chi connectivity index (χ0) is 43.2. The van der Waals surface area contributed by atoms with Gasteiger partial charge in [-0.2, -0.15) is 0 Å². The highest BCUT2D eigenvalue weighted by atomic mass is 32.2. The van der Waals surface area contributed by atoms with Gasteiger partial charge in [-0.25, -0.2) is 32.0 Å². The summed E-state index contributed by atoms with van der Waals surface area (Å²) in [6.07, 6.45) is 11.0. The fourth-order valence-electron chi connectivity index (χ4n) is 8.41. The van der Waals surface area contributed by atoms with Gasteiger partial charge in [0, 0.05) is 16.3 Å². The summed E-state index contributed by atoms with van der Waals surface area (Å²) in [6, 6.07) is 3.86. The number of hydrogen-bond donors (Lipinski definition) is 4. The van der Waals surface area contributed by atoms with E-state index in [1.165, 1.54) is 71.8 Å². The lowest BCUT2D eigenvalue weighted by Crippen LogP contribution is -2.59. The number of aryl methyl sites for hydroxylation is 1. The number of aromatic nitrogens is 2. The first-order valence-electron chi connectivity index (χ1n) is 21.6. The summed E-state index contributed by atoms with van der Waals surface area (Å²) in [5.74, 6) is -3.96. The van der Waals surface area contributed by atoms with Crippen LogP contribution in [0, 0.1) is 17.8 Å². The number of nitrogens with zero attached hydrogens (tertiary/aromatic N) is 3. The number of ether oxygens (including phenoxy) is 2. The van der Waals surface area contributed by atoms with Crippen molar-refractivity contribution >= 4 is 44.9 Å². The van der Waals surface area contributed by atoms with Crippen LogP contribution < -0.4 is 24.8 Å². The molecular formula is C42H66F2N6O9S. The van der Waals surface area contributed by atoms with E-state index in [-0.39, 0.29) is 36.0 Å². The monoisotopic (exact) mass is 868 g/mol. The van der Waals surface area contributed by atoms with Gasteiger partial charge in [-0.15, -0.1) is 0 Å². The van der Waals surface area contributed by atoms with Crippen molar-refractivity contribution in [2.45, 2.75) is 152 Å². The van der Waals surface area contributed by atoms with Crippen LogP contribution in [0.5, 0.6) is 11.6 Å². The van der Waals surface area contributed by atoms with Crippen LogP contribution in [-0.4, -0.2) is 101 Å². The molecule has 15 nitrogen and oxygen atoms in total. The van der Waals surface area contributed by atoms with Crippen molar-refractivity contribution in [1.29, 1.82) is 0 Å². The lowest BCUT2D eigenvalue weighted by Gasteiger charge is -2.29. The first-order valence-corrected chi connectivity index (χ1v) is 23.0. The van der Waals surface area contributed by atoms with Gasteiger partial charge < -0.3 is 30.1 Å². The third kappa shape index (κ3) is 10.7. The summed E-state index contributed by atoms with van der Waals surface area (Å²) in [7, 11) is -2.71. The highest BCUT2D eigenvalue weighted by Crippen LogP contribution is 2.49.